The molecule has 0 radical (unpaired) electrons. The van der Waals surface area contributed by atoms with Crippen LogP contribution in [-0.2, 0) is 0 Å². The highest BCUT2D eigenvalue weighted by Crippen LogP contribution is 2.42. The van der Waals surface area contributed by atoms with E-state index in [0.29, 0.717) is 18.0 Å². The average Bonchev–Trinajstić information content (AvgIpc) is 2.62. The van der Waals surface area contributed by atoms with Gasteiger partial charge in [0.15, 0.2) is 0 Å². The summed E-state index contributed by atoms with van der Waals surface area (Å²) in [4.78, 5) is 1.73. The Morgan fingerprint density at radius 1 is 1.12 bits per heavy atom. The highest BCUT2D eigenvalue weighted by molar-refractivity contribution is 14.1. The lowest BCUT2D eigenvalue weighted by Crippen LogP contribution is -2.22. The summed E-state index contributed by atoms with van der Waals surface area (Å²) in [6, 6.07) is 12.0. The van der Waals surface area contributed by atoms with E-state index in [-0.39, 0.29) is 11.3 Å². The fraction of sp³-hybridized carbons (Fsp3) is 0.143. The van der Waals surface area contributed by atoms with Crippen LogP contribution < -0.4 is 4.74 Å². The fourth-order valence-electron chi connectivity index (χ4n) is 2.92. The second kappa shape index (κ2) is 7.61. The van der Waals surface area contributed by atoms with Gasteiger partial charge in [0.05, 0.1) is 17.9 Å². The summed E-state index contributed by atoms with van der Waals surface area (Å²) in [6.07, 6.45) is 1.91. The van der Waals surface area contributed by atoms with Gasteiger partial charge in [-0.05, 0) is 41.2 Å². The molecule has 26 heavy (non-hydrogen) atoms. The molecule has 0 saturated heterocycles. The molecule has 2 aromatic carbocycles. The minimum absolute atomic E-state index is 0.0869. The van der Waals surface area contributed by atoms with Crippen molar-refractivity contribution < 1.29 is 13.5 Å². The maximum atomic E-state index is 14.9. The monoisotopic (exact) mass is 465 g/mol. The van der Waals surface area contributed by atoms with Crippen molar-refractivity contribution in [1.29, 1.82) is 0 Å². The van der Waals surface area contributed by atoms with Gasteiger partial charge in [-0.2, -0.15) is 0 Å². The number of hydrogen-bond donors (Lipinski definition) is 0. The first kappa shape index (κ1) is 18.6. The van der Waals surface area contributed by atoms with E-state index in [9.17, 15) is 8.78 Å². The molecule has 0 amide bonds. The molecule has 1 aliphatic rings. The van der Waals surface area contributed by atoms with E-state index >= 15 is 0 Å². The number of ether oxygens (including phenoxy) is 1. The van der Waals surface area contributed by atoms with Crippen LogP contribution in [0.4, 0.5) is 8.78 Å². The maximum Gasteiger partial charge on any atom is 0.139 e. The lowest BCUT2D eigenvalue weighted by atomic mass is 9.94. The average molecular weight is 465 g/mol. The standard InChI is InChI=1S/C21H18F2INO/c1-4-26-15-10-17(22)20(18(23)11-15)21-16(14-8-6-5-7-9-14)12-19(24)13(2)25(21)3/h5-12H,2,4H2,1,3H3. The van der Waals surface area contributed by atoms with Crippen LogP contribution in [0.15, 0.2) is 64.4 Å². The molecule has 2 nitrogen and oxygen atoms in total. The van der Waals surface area contributed by atoms with Gasteiger partial charge in [0.2, 0.25) is 0 Å². The summed E-state index contributed by atoms with van der Waals surface area (Å²) in [5.41, 5.74) is 2.67. The summed E-state index contributed by atoms with van der Waals surface area (Å²) in [5.74, 6) is -1.15. The zero-order chi connectivity index (χ0) is 18.8. The van der Waals surface area contributed by atoms with Crippen molar-refractivity contribution in [2.75, 3.05) is 13.7 Å². The third kappa shape index (κ3) is 3.40. The van der Waals surface area contributed by atoms with Gasteiger partial charge >= 0.3 is 0 Å². The number of rotatable bonds is 4. The second-order valence-electron chi connectivity index (χ2n) is 5.82. The fourth-order valence-corrected chi connectivity index (χ4v) is 3.59. The van der Waals surface area contributed by atoms with Gasteiger partial charge in [-0.3, -0.25) is 0 Å². The minimum atomic E-state index is -0.665. The highest BCUT2D eigenvalue weighted by atomic mass is 127. The van der Waals surface area contributed by atoms with Crippen LogP contribution in [-0.4, -0.2) is 18.6 Å². The molecule has 134 valence electrons. The van der Waals surface area contributed by atoms with Crippen molar-refractivity contribution in [2.24, 2.45) is 0 Å². The Labute approximate surface area is 165 Å². The summed E-state index contributed by atoms with van der Waals surface area (Å²) in [7, 11) is 1.77. The quantitative estimate of drug-likeness (QED) is 0.513. The van der Waals surface area contributed by atoms with Crippen LogP contribution in [0.2, 0.25) is 0 Å². The molecule has 0 atom stereocenters. The van der Waals surface area contributed by atoms with E-state index < -0.39 is 11.6 Å². The Kier molecular flexibility index (Phi) is 5.46. The summed E-state index contributed by atoms with van der Waals surface area (Å²) < 4.78 is 35.9. The van der Waals surface area contributed by atoms with Crippen molar-refractivity contribution in [2.45, 2.75) is 6.92 Å². The smallest absolute Gasteiger partial charge is 0.139 e. The number of halogens is 3. The van der Waals surface area contributed by atoms with E-state index in [1.807, 2.05) is 36.4 Å². The predicted octanol–water partition coefficient (Wildman–Crippen LogP) is 6.01. The van der Waals surface area contributed by atoms with Crippen molar-refractivity contribution in [3.05, 3.63) is 87.2 Å². The summed E-state index contributed by atoms with van der Waals surface area (Å²) in [5, 5.41) is 0. The molecule has 0 spiro atoms. The number of benzene rings is 2. The molecule has 0 aromatic heterocycles. The van der Waals surface area contributed by atoms with Gasteiger partial charge in [0, 0.05) is 34.0 Å². The van der Waals surface area contributed by atoms with Crippen LogP contribution in [0.5, 0.6) is 5.75 Å². The molecule has 1 aliphatic heterocycles. The van der Waals surface area contributed by atoms with Gasteiger partial charge in [-0.1, -0.05) is 36.9 Å². The molecule has 2 aromatic rings. The highest BCUT2D eigenvalue weighted by Gasteiger charge is 2.27. The van der Waals surface area contributed by atoms with Gasteiger partial charge in [0.1, 0.15) is 17.4 Å². The first-order valence-corrected chi connectivity index (χ1v) is 9.24. The minimum Gasteiger partial charge on any atom is -0.494 e. The molecule has 0 bridgehead atoms. The first-order valence-electron chi connectivity index (χ1n) is 8.16. The first-order chi connectivity index (χ1) is 12.4. The van der Waals surface area contributed by atoms with Crippen molar-refractivity contribution in [1.82, 2.24) is 4.90 Å². The molecule has 5 heteroatoms. The van der Waals surface area contributed by atoms with Crippen molar-refractivity contribution in [3.8, 4) is 5.75 Å². The summed E-state index contributed by atoms with van der Waals surface area (Å²) in [6.45, 7) is 6.14. The Bertz CT molecular complexity index is 896. The Morgan fingerprint density at radius 3 is 2.31 bits per heavy atom. The molecule has 0 aliphatic carbocycles. The molecular formula is C21H18F2INO. The lowest BCUT2D eigenvalue weighted by Gasteiger charge is -2.31. The molecular weight excluding hydrogens is 447 g/mol. The zero-order valence-corrected chi connectivity index (χ0v) is 16.7. The van der Waals surface area contributed by atoms with Gasteiger partial charge < -0.3 is 9.64 Å². The third-order valence-electron chi connectivity index (χ3n) is 4.19. The van der Waals surface area contributed by atoms with Crippen molar-refractivity contribution >= 4 is 33.9 Å². The van der Waals surface area contributed by atoms with Crippen LogP contribution in [0.1, 0.15) is 18.1 Å². The van der Waals surface area contributed by atoms with E-state index in [0.717, 1.165) is 14.7 Å². The second-order valence-corrected chi connectivity index (χ2v) is 6.98. The van der Waals surface area contributed by atoms with Crippen LogP contribution in [0, 0.1) is 11.6 Å². The Hall–Kier alpha value is -2.15. The lowest BCUT2D eigenvalue weighted by molar-refractivity contribution is 0.335. The Balaban J connectivity index is 2.29. The third-order valence-corrected chi connectivity index (χ3v) is 5.12. The molecule has 0 N–H and O–H groups in total. The maximum absolute atomic E-state index is 14.9. The van der Waals surface area contributed by atoms with E-state index in [4.69, 9.17) is 4.74 Å². The van der Waals surface area contributed by atoms with Crippen LogP contribution >= 0.6 is 22.6 Å². The van der Waals surface area contributed by atoms with Crippen LogP contribution in [0.25, 0.3) is 11.3 Å². The topological polar surface area (TPSA) is 12.5 Å². The van der Waals surface area contributed by atoms with E-state index in [2.05, 4.69) is 29.2 Å². The molecule has 0 unspecified atom stereocenters. The van der Waals surface area contributed by atoms with Gasteiger partial charge in [-0.15, -0.1) is 0 Å². The molecule has 1 heterocycles. The predicted molar refractivity (Wildman–Crippen MR) is 110 cm³/mol. The summed E-state index contributed by atoms with van der Waals surface area (Å²) >= 11 is 2.18. The Morgan fingerprint density at radius 2 is 1.73 bits per heavy atom. The van der Waals surface area contributed by atoms with Crippen molar-refractivity contribution in [3.63, 3.8) is 0 Å². The number of hydrogen-bond acceptors (Lipinski definition) is 2. The van der Waals surface area contributed by atoms with Gasteiger partial charge in [-0.25, -0.2) is 8.78 Å². The molecule has 3 rings (SSSR count). The normalized spacial score (nSPS) is 14.6. The van der Waals surface area contributed by atoms with Crippen LogP contribution in [0.3, 0.4) is 0 Å². The molecule has 0 fully saturated rings. The number of nitrogens with zero attached hydrogens (tertiary/aromatic N) is 1. The van der Waals surface area contributed by atoms with Gasteiger partial charge in [0.25, 0.3) is 0 Å². The van der Waals surface area contributed by atoms with E-state index in [1.54, 1.807) is 18.9 Å². The van der Waals surface area contributed by atoms with E-state index in [1.165, 1.54) is 12.1 Å². The largest absolute Gasteiger partial charge is 0.494 e. The zero-order valence-electron chi connectivity index (χ0n) is 14.5. The molecule has 0 saturated carbocycles. The number of allylic oxidation sites excluding steroid dienone is 3. The number of likely N-dealkylation sites (N-methyl/N-ethyl adjacent to an activating group) is 1. The SMILES string of the molecule is C=C1C(I)=CC(c2ccccc2)=C(c2c(F)cc(OCC)cc2F)N1C.